The minimum absolute atomic E-state index is 0.414. The number of piperidine rings is 1. The topological polar surface area (TPSA) is 15.3 Å². The van der Waals surface area contributed by atoms with E-state index in [-0.39, 0.29) is 0 Å². The van der Waals surface area contributed by atoms with Gasteiger partial charge in [-0.1, -0.05) is 13.3 Å². The summed E-state index contributed by atoms with van der Waals surface area (Å²) in [7, 11) is 0. The molecule has 2 heterocycles. The Labute approximate surface area is 88.1 Å². The molecule has 82 valence electrons. The highest BCUT2D eigenvalue weighted by Gasteiger charge is 2.37. The Bertz CT molecular complexity index is 188. The molecule has 0 aromatic carbocycles. The third-order valence-electron chi connectivity index (χ3n) is 3.95. The monoisotopic (exact) mass is 196 g/mol. The van der Waals surface area contributed by atoms with Crippen LogP contribution in [0.25, 0.3) is 0 Å². The molecule has 0 saturated carbocycles. The van der Waals surface area contributed by atoms with Gasteiger partial charge in [0.2, 0.25) is 0 Å². The highest BCUT2D eigenvalue weighted by Crippen LogP contribution is 2.29. The van der Waals surface area contributed by atoms with Crippen molar-refractivity contribution in [1.29, 1.82) is 0 Å². The summed E-state index contributed by atoms with van der Waals surface area (Å²) in [6.45, 7) is 10.9. The Kier molecular flexibility index (Phi) is 2.85. The molecule has 2 nitrogen and oxygen atoms in total. The molecule has 0 aromatic rings. The van der Waals surface area contributed by atoms with Gasteiger partial charge in [-0.25, -0.2) is 0 Å². The van der Waals surface area contributed by atoms with Gasteiger partial charge >= 0.3 is 0 Å². The first kappa shape index (κ1) is 10.4. The molecule has 0 amide bonds. The molecule has 2 bridgehead atoms. The Morgan fingerprint density at radius 3 is 2.79 bits per heavy atom. The summed E-state index contributed by atoms with van der Waals surface area (Å²) >= 11 is 0. The van der Waals surface area contributed by atoms with E-state index in [1.165, 1.54) is 38.9 Å². The van der Waals surface area contributed by atoms with Gasteiger partial charge in [-0.15, -0.1) is 0 Å². The normalized spacial score (nSPS) is 33.6. The largest absolute Gasteiger partial charge is 0.312 e. The summed E-state index contributed by atoms with van der Waals surface area (Å²) in [6.07, 6.45) is 4.04. The van der Waals surface area contributed by atoms with Crippen LogP contribution in [0.2, 0.25) is 0 Å². The Hall–Kier alpha value is -0.0800. The van der Waals surface area contributed by atoms with E-state index in [2.05, 4.69) is 31.0 Å². The summed E-state index contributed by atoms with van der Waals surface area (Å²) < 4.78 is 0. The average molecular weight is 196 g/mol. The fraction of sp³-hybridized carbons (Fsp3) is 1.00. The number of nitrogens with zero attached hydrogens (tertiary/aromatic N) is 1. The molecule has 0 spiro atoms. The van der Waals surface area contributed by atoms with Gasteiger partial charge in [0.1, 0.15) is 0 Å². The molecule has 2 saturated heterocycles. The molecule has 2 aliphatic rings. The first-order chi connectivity index (χ1) is 6.62. The standard InChI is InChI=1S/C12H24N2/c1-4-5-12(2,3)14-8-10-6-11(9-14)13-7-10/h10-11,13H,4-9H2,1-3H3. The summed E-state index contributed by atoms with van der Waals surface area (Å²) in [5, 5.41) is 3.62. The lowest BCUT2D eigenvalue weighted by Crippen LogP contribution is -2.52. The van der Waals surface area contributed by atoms with Crippen molar-refractivity contribution in [2.75, 3.05) is 19.6 Å². The maximum Gasteiger partial charge on any atom is 0.0198 e. The van der Waals surface area contributed by atoms with Gasteiger partial charge in [0.25, 0.3) is 0 Å². The van der Waals surface area contributed by atoms with E-state index in [1.807, 2.05) is 0 Å². The minimum atomic E-state index is 0.414. The highest BCUT2D eigenvalue weighted by molar-refractivity contribution is 4.95. The second-order valence-electron chi connectivity index (χ2n) is 5.67. The summed E-state index contributed by atoms with van der Waals surface area (Å²) in [5.74, 6) is 0.921. The van der Waals surface area contributed by atoms with Crippen molar-refractivity contribution in [1.82, 2.24) is 10.2 Å². The lowest BCUT2D eigenvalue weighted by atomic mass is 9.90. The van der Waals surface area contributed by atoms with E-state index in [4.69, 9.17) is 0 Å². The van der Waals surface area contributed by atoms with Crippen LogP contribution < -0.4 is 5.32 Å². The first-order valence-corrected chi connectivity index (χ1v) is 6.10. The molecular formula is C12H24N2. The third-order valence-corrected chi connectivity index (χ3v) is 3.95. The van der Waals surface area contributed by atoms with Crippen molar-refractivity contribution < 1.29 is 0 Å². The van der Waals surface area contributed by atoms with Gasteiger partial charge < -0.3 is 5.32 Å². The van der Waals surface area contributed by atoms with Crippen molar-refractivity contribution in [2.45, 2.75) is 51.6 Å². The van der Waals surface area contributed by atoms with Gasteiger partial charge in [-0.2, -0.15) is 0 Å². The van der Waals surface area contributed by atoms with Crippen molar-refractivity contribution in [3.63, 3.8) is 0 Å². The van der Waals surface area contributed by atoms with Crippen LogP contribution in [0.15, 0.2) is 0 Å². The van der Waals surface area contributed by atoms with Crippen LogP contribution in [-0.2, 0) is 0 Å². The van der Waals surface area contributed by atoms with Crippen molar-refractivity contribution in [3.05, 3.63) is 0 Å². The molecule has 2 unspecified atom stereocenters. The first-order valence-electron chi connectivity index (χ1n) is 6.10. The van der Waals surface area contributed by atoms with Crippen LogP contribution in [0.1, 0.15) is 40.0 Å². The molecule has 2 aliphatic heterocycles. The fourth-order valence-electron chi connectivity index (χ4n) is 3.10. The SMILES string of the molecule is CCCC(C)(C)N1CC2CNC(C2)C1. The predicted octanol–water partition coefficient (Wildman–Crippen LogP) is 1.86. The van der Waals surface area contributed by atoms with E-state index in [9.17, 15) is 0 Å². The van der Waals surface area contributed by atoms with Gasteiger partial charge in [0, 0.05) is 24.7 Å². The quantitative estimate of drug-likeness (QED) is 0.741. The zero-order valence-electron chi connectivity index (χ0n) is 9.84. The molecule has 2 fully saturated rings. The number of likely N-dealkylation sites (tertiary alicyclic amines) is 1. The number of nitrogens with one attached hydrogen (secondary N) is 1. The Morgan fingerprint density at radius 2 is 2.14 bits per heavy atom. The molecule has 2 atom stereocenters. The summed E-state index contributed by atoms with van der Waals surface area (Å²) in [5.41, 5.74) is 0.414. The van der Waals surface area contributed by atoms with E-state index in [0.717, 1.165) is 12.0 Å². The maximum absolute atomic E-state index is 3.62. The average Bonchev–Trinajstić information content (AvgIpc) is 2.45. The van der Waals surface area contributed by atoms with E-state index >= 15 is 0 Å². The minimum Gasteiger partial charge on any atom is -0.312 e. The van der Waals surface area contributed by atoms with Crippen LogP contribution in [0.5, 0.6) is 0 Å². The van der Waals surface area contributed by atoms with E-state index < -0.39 is 0 Å². The smallest absolute Gasteiger partial charge is 0.0198 e. The lowest BCUT2D eigenvalue weighted by molar-refractivity contribution is 0.0690. The van der Waals surface area contributed by atoms with Crippen molar-refractivity contribution in [3.8, 4) is 0 Å². The second-order valence-corrected chi connectivity index (χ2v) is 5.67. The molecule has 1 N–H and O–H groups in total. The number of fused-ring (bicyclic) bond motifs is 2. The Morgan fingerprint density at radius 1 is 1.36 bits per heavy atom. The van der Waals surface area contributed by atoms with E-state index in [1.54, 1.807) is 0 Å². The highest BCUT2D eigenvalue weighted by atomic mass is 15.2. The van der Waals surface area contributed by atoms with Gasteiger partial charge in [-0.3, -0.25) is 4.90 Å². The fourth-order valence-corrected chi connectivity index (χ4v) is 3.10. The summed E-state index contributed by atoms with van der Waals surface area (Å²) in [4.78, 5) is 2.70. The maximum atomic E-state index is 3.62. The second kappa shape index (κ2) is 3.82. The molecule has 2 rings (SSSR count). The molecular weight excluding hydrogens is 172 g/mol. The number of hydrogen-bond acceptors (Lipinski definition) is 2. The molecule has 2 heteroatoms. The zero-order chi connectivity index (χ0) is 10.2. The van der Waals surface area contributed by atoms with Crippen LogP contribution in [0, 0.1) is 5.92 Å². The third kappa shape index (κ3) is 1.96. The lowest BCUT2D eigenvalue weighted by Gasteiger charge is -2.43. The van der Waals surface area contributed by atoms with E-state index in [0.29, 0.717) is 5.54 Å². The summed E-state index contributed by atoms with van der Waals surface area (Å²) in [6, 6.07) is 0.782. The van der Waals surface area contributed by atoms with Crippen LogP contribution in [-0.4, -0.2) is 36.1 Å². The number of rotatable bonds is 3. The zero-order valence-corrected chi connectivity index (χ0v) is 9.84. The van der Waals surface area contributed by atoms with Crippen LogP contribution in [0.4, 0.5) is 0 Å². The number of hydrogen-bond donors (Lipinski definition) is 1. The van der Waals surface area contributed by atoms with Crippen molar-refractivity contribution >= 4 is 0 Å². The molecule has 0 radical (unpaired) electrons. The van der Waals surface area contributed by atoms with Gasteiger partial charge in [-0.05, 0) is 39.2 Å². The van der Waals surface area contributed by atoms with Crippen LogP contribution in [0.3, 0.4) is 0 Å². The van der Waals surface area contributed by atoms with Crippen molar-refractivity contribution in [2.24, 2.45) is 5.92 Å². The predicted molar refractivity (Wildman–Crippen MR) is 60.5 cm³/mol. The molecule has 0 aliphatic carbocycles. The van der Waals surface area contributed by atoms with Crippen LogP contribution >= 0.6 is 0 Å². The molecule has 0 aromatic heterocycles. The van der Waals surface area contributed by atoms with Gasteiger partial charge in [0.15, 0.2) is 0 Å². The Balaban J connectivity index is 1.98. The molecule has 14 heavy (non-hydrogen) atoms. The van der Waals surface area contributed by atoms with Gasteiger partial charge in [0.05, 0.1) is 0 Å².